The summed E-state index contributed by atoms with van der Waals surface area (Å²) in [6.45, 7) is 0. The molecule has 2 aromatic carbocycles. The van der Waals surface area contributed by atoms with Crippen molar-refractivity contribution in [1.29, 1.82) is 0 Å². The summed E-state index contributed by atoms with van der Waals surface area (Å²) in [6.07, 6.45) is 1.27. The summed E-state index contributed by atoms with van der Waals surface area (Å²) in [7, 11) is 0. The Labute approximate surface area is 132 Å². The van der Waals surface area contributed by atoms with Crippen LogP contribution in [0.1, 0.15) is 10.5 Å². The number of primary amides is 1. The van der Waals surface area contributed by atoms with Crippen LogP contribution < -0.4 is 10.6 Å². The zero-order valence-corrected chi connectivity index (χ0v) is 12.1. The summed E-state index contributed by atoms with van der Waals surface area (Å²) in [4.78, 5) is 21.2. The largest absolute Gasteiger partial charge is 0.364 e. The highest BCUT2D eigenvalue weighted by molar-refractivity contribution is 5.92. The van der Waals surface area contributed by atoms with Crippen LogP contribution in [0.2, 0.25) is 0 Å². The molecular weight excluding hydrogens is 295 g/mol. The van der Waals surface area contributed by atoms with Crippen molar-refractivity contribution in [1.82, 2.24) is 9.97 Å². The Bertz CT molecular complexity index is 822. The van der Waals surface area contributed by atoms with Gasteiger partial charge in [0.25, 0.3) is 5.91 Å². The molecule has 0 bridgehead atoms. The molecule has 2 N–H and O–H groups in total. The fourth-order valence-electron chi connectivity index (χ4n) is 2.18. The minimum Gasteiger partial charge on any atom is -0.364 e. The lowest BCUT2D eigenvalue weighted by molar-refractivity contribution is 0.0995. The quantitative estimate of drug-likeness (QED) is 0.803. The number of halogens is 1. The van der Waals surface area contributed by atoms with Gasteiger partial charge in [0.2, 0.25) is 0 Å². The Morgan fingerprint density at radius 1 is 0.957 bits per heavy atom. The average Bonchev–Trinajstić information content (AvgIpc) is 2.58. The standard InChI is InChI=1S/C17H13FN4O/c18-12-6-8-14(9-7-12)22(13-4-2-1-3-5-13)16-10-15(17(19)23)20-11-21-16/h1-11H,(H2,19,23). The van der Waals surface area contributed by atoms with Crippen molar-refractivity contribution in [2.45, 2.75) is 0 Å². The molecule has 3 aromatic rings. The highest BCUT2D eigenvalue weighted by atomic mass is 19.1. The van der Waals surface area contributed by atoms with Crippen LogP contribution in [0.25, 0.3) is 0 Å². The Morgan fingerprint density at radius 3 is 2.26 bits per heavy atom. The molecule has 0 saturated heterocycles. The van der Waals surface area contributed by atoms with Crippen molar-refractivity contribution >= 4 is 23.1 Å². The van der Waals surface area contributed by atoms with Gasteiger partial charge in [-0.25, -0.2) is 14.4 Å². The average molecular weight is 308 g/mol. The molecule has 0 spiro atoms. The molecule has 0 fully saturated rings. The first-order valence-electron chi connectivity index (χ1n) is 6.88. The molecule has 6 heteroatoms. The Morgan fingerprint density at radius 2 is 1.61 bits per heavy atom. The van der Waals surface area contributed by atoms with Gasteiger partial charge in [-0.05, 0) is 36.4 Å². The summed E-state index contributed by atoms with van der Waals surface area (Å²) in [5.74, 6) is -0.505. The number of para-hydroxylation sites is 1. The molecule has 0 saturated carbocycles. The van der Waals surface area contributed by atoms with Crippen molar-refractivity contribution < 1.29 is 9.18 Å². The lowest BCUT2D eigenvalue weighted by atomic mass is 10.2. The normalized spacial score (nSPS) is 10.3. The van der Waals surface area contributed by atoms with Gasteiger partial charge in [-0.3, -0.25) is 9.69 Å². The van der Waals surface area contributed by atoms with Crippen LogP contribution in [0.15, 0.2) is 67.0 Å². The molecule has 0 aliphatic rings. The maximum atomic E-state index is 13.2. The lowest BCUT2D eigenvalue weighted by Crippen LogP contribution is -2.16. The van der Waals surface area contributed by atoms with Crippen molar-refractivity contribution in [2.24, 2.45) is 5.73 Å². The Kier molecular flexibility index (Phi) is 3.97. The number of amides is 1. The van der Waals surface area contributed by atoms with Gasteiger partial charge in [-0.15, -0.1) is 0 Å². The third-order valence-electron chi connectivity index (χ3n) is 3.23. The van der Waals surface area contributed by atoms with Crippen LogP contribution in [-0.4, -0.2) is 15.9 Å². The van der Waals surface area contributed by atoms with Crippen LogP contribution in [0, 0.1) is 5.82 Å². The third kappa shape index (κ3) is 3.16. The monoisotopic (exact) mass is 308 g/mol. The van der Waals surface area contributed by atoms with Gasteiger partial charge in [0.15, 0.2) is 0 Å². The summed E-state index contributed by atoms with van der Waals surface area (Å²) in [5.41, 5.74) is 6.91. The van der Waals surface area contributed by atoms with Gasteiger partial charge in [0.05, 0.1) is 0 Å². The number of nitrogens with two attached hydrogens (primary N) is 1. The predicted octanol–water partition coefficient (Wildman–Crippen LogP) is 3.18. The number of rotatable bonds is 4. The molecule has 1 amide bonds. The molecular formula is C17H13FN4O. The van der Waals surface area contributed by atoms with Gasteiger partial charge in [-0.2, -0.15) is 0 Å². The molecule has 0 atom stereocenters. The number of benzene rings is 2. The molecule has 5 nitrogen and oxygen atoms in total. The molecule has 114 valence electrons. The number of carbonyl (C=O) groups is 1. The second kappa shape index (κ2) is 6.23. The molecule has 1 heterocycles. The van der Waals surface area contributed by atoms with E-state index in [0.717, 1.165) is 5.69 Å². The molecule has 3 rings (SSSR count). The van der Waals surface area contributed by atoms with E-state index in [-0.39, 0.29) is 11.5 Å². The SMILES string of the molecule is NC(=O)c1cc(N(c2ccccc2)c2ccc(F)cc2)ncn1. The zero-order chi connectivity index (χ0) is 16.2. The van der Waals surface area contributed by atoms with Gasteiger partial charge in [0, 0.05) is 17.4 Å². The number of carbonyl (C=O) groups excluding carboxylic acids is 1. The maximum absolute atomic E-state index is 13.2. The van der Waals surface area contributed by atoms with E-state index in [1.54, 1.807) is 17.0 Å². The highest BCUT2D eigenvalue weighted by Gasteiger charge is 2.15. The molecule has 1 aromatic heterocycles. The van der Waals surface area contributed by atoms with Crippen molar-refractivity contribution in [3.63, 3.8) is 0 Å². The Hall–Kier alpha value is -3.28. The number of anilines is 3. The van der Waals surface area contributed by atoms with E-state index in [4.69, 9.17) is 5.73 Å². The lowest BCUT2D eigenvalue weighted by Gasteiger charge is -2.24. The van der Waals surface area contributed by atoms with Crippen LogP contribution >= 0.6 is 0 Å². The van der Waals surface area contributed by atoms with E-state index in [9.17, 15) is 9.18 Å². The fraction of sp³-hybridized carbons (Fsp3) is 0. The zero-order valence-electron chi connectivity index (χ0n) is 12.1. The van der Waals surface area contributed by atoms with E-state index < -0.39 is 5.91 Å². The number of hydrogen-bond acceptors (Lipinski definition) is 4. The minimum absolute atomic E-state index is 0.109. The first-order valence-corrected chi connectivity index (χ1v) is 6.88. The van der Waals surface area contributed by atoms with Crippen LogP contribution in [0.3, 0.4) is 0 Å². The van der Waals surface area contributed by atoms with E-state index in [0.29, 0.717) is 11.5 Å². The second-order valence-corrected chi connectivity index (χ2v) is 4.77. The van der Waals surface area contributed by atoms with Gasteiger partial charge < -0.3 is 5.73 Å². The van der Waals surface area contributed by atoms with E-state index in [1.807, 2.05) is 30.3 Å². The fourth-order valence-corrected chi connectivity index (χ4v) is 2.18. The Balaban J connectivity index is 2.14. The van der Waals surface area contributed by atoms with E-state index in [2.05, 4.69) is 9.97 Å². The third-order valence-corrected chi connectivity index (χ3v) is 3.23. The van der Waals surface area contributed by atoms with E-state index >= 15 is 0 Å². The summed E-state index contributed by atoms with van der Waals surface area (Å²) in [5, 5.41) is 0. The smallest absolute Gasteiger partial charge is 0.267 e. The predicted molar refractivity (Wildman–Crippen MR) is 85.2 cm³/mol. The first kappa shape index (κ1) is 14.6. The first-order chi connectivity index (χ1) is 11.1. The van der Waals surface area contributed by atoms with Crippen molar-refractivity contribution in [3.8, 4) is 0 Å². The van der Waals surface area contributed by atoms with E-state index in [1.165, 1.54) is 24.5 Å². The van der Waals surface area contributed by atoms with Crippen LogP contribution in [0.5, 0.6) is 0 Å². The summed E-state index contributed by atoms with van der Waals surface area (Å²) in [6, 6.07) is 16.9. The number of nitrogens with zero attached hydrogens (tertiary/aromatic N) is 3. The van der Waals surface area contributed by atoms with Crippen LogP contribution in [-0.2, 0) is 0 Å². The molecule has 0 aliphatic heterocycles. The topological polar surface area (TPSA) is 72.1 Å². The van der Waals surface area contributed by atoms with Crippen molar-refractivity contribution in [2.75, 3.05) is 4.90 Å². The molecule has 0 unspecified atom stereocenters. The summed E-state index contributed by atoms with van der Waals surface area (Å²) >= 11 is 0. The number of hydrogen-bond donors (Lipinski definition) is 1. The molecule has 23 heavy (non-hydrogen) atoms. The van der Waals surface area contributed by atoms with Gasteiger partial charge in [-0.1, -0.05) is 18.2 Å². The minimum atomic E-state index is -0.638. The van der Waals surface area contributed by atoms with Gasteiger partial charge in [0.1, 0.15) is 23.7 Å². The maximum Gasteiger partial charge on any atom is 0.267 e. The molecule has 0 aliphatic carbocycles. The number of aromatic nitrogens is 2. The summed E-state index contributed by atoms with van der Waals surface area (Å²) < 4.78 is 13.2. The van der Waals surface area contributed by atoms with Crippen molar-refractivity contribution in [3.05, 3.63) is 78.5 Å². The van der Waals surface area contributed by atoms with Gasteiger partial charge >= 0.3 is 0 Å². The van der Waals surface area contributed by atoms with Crippen LogP contribution in [0.4, 0.5) is 21.6 Å². The second-order valence-electron chi connectivity index (χ2n) is 4.77. The molecule has 0 radical (unpaired) electrons. The highest BCUT2D eigenvalue weighted by Crippen LogP contribution is 2.32.